The summed E-state index contributed by atoms with van der Waals surface area (Å²) in [5.74, 6) is 1.28. The highest BCUT2D eigenvalue weighted by Crippen LogP contribution is 2.34. The van der Waals surface area contributed by atoms with Gasteiger partial charge in [-0.25, -0.2) is 5.10 Å². The third-order valence-electron chi connectivity index (χ3n) is 3.55. The molecule has 0 atom stereocenters. The molecule has 0 fully saturated rings. The lowest BCUT2D eigenvalue weighted by Gasteiger charge is -2.23. The van der Waals surface area contributed by atoms with Crippen LogP contribution in [-0.4, -0.2) is 37.5 Å². The number of H-pyrrole nitrogens is 1. The van der Waals surface area contributed by atoms with Crippen molar-refractivity contribution in [2.24, 2.45) is 0 Å². The molecule has 0 saturated heterocycles. The first-order valence-corrected chi connectivity index (χ1v) is 7.21. The highest BCUT2D eigenvalue weighted by Gasteiger charge is 2.15. The molecule has 0 aliphatic carbocycles. The zero-order valence-electron chi connectivity index (χ0n) is 13.3. The van der Waals surface area contributed by atoms with Gasteiger partial charge in [-0.3, -0.25) is 4.79 Å². The Kier molecular flexibility index (Phi) is 5.04. The molecule has 2 aromatic rings. The summed E-state index contributed by atoms with van der Waals surface area (Å²) in [6.07, 6.45) is 0. The molecule has 6 heteroatoms. The van der Waals surface area contributed by atoms with Crippen molar-refractivity contribution in [3.8, 4) is 22.8 Å². The number of anilines is 1. The van der Waals surface area contributed by atoms with E-state index in [9.17, 15) is 4.79 Å². The average Bonchev–Trinajstić information content (AvgIpc) is 2.55. The SMILES string of the molecule is CCN(CC)c1cc(=O)[nH]nc1-c1ccc(OC)c(OC)c1. The van der Waals surface area contributed by atoms with Gasteiger partial charge in [-0.1, -0.05) is 0 Å². The molecule has 0 amide bonds. The van der Waals surface area contributed by atoms with Crippen molar-refractivity contribution in [2.75, 3.05) is 32.2 Å². The van der Waals surface area contributed by atoms with Gasteiger partial charge in [0, 0.05) is 24.7 Å². The van der Waals surface area contributed by atoms with E-state index in [2.05, 4.69) is 15.1 Å². The summed E-state index contributed by atoms with van der Waals surface area (Å²) in [7, 11) is 3.18. The van der Waals surface area contributed by atoms with E-state index < -0.39 is 0 Å². The van der Waals surface area contributed by atoms with E-state index in [1.165, 1.54) is 0 Å². The monoisotopic (exact) mass is 303 g/mol. The van der Waals surface area contributed by atoms with Gasteiger partial charge < -0.3 is 14.4 Å². The van der Waals surface area contributed by atoms with Crippen LogP contribution in [0.2, 0.25) is 0 Å². The maximum Gasteiger partial charge on any atom is 0.266 e. The van der Waals surface area contributed by atoms with Crippen LogP contribution in [0.25, 0.3) is 11.3 Å². The van der Waals surface area contributed by atoms with Gasteiger partial charge in [-0.15, -0.1) is 0 Å². The largest absolute Gasteiger partial charge is 0.493 e. The van der Waals surface area contributed by atoms with Crippen LogP contribution in [0.4, 0.5) is 5.69 Å². The van der Waals surface area contributed by atoms with Crippen molar-refractivity contribution in [1.29, 1.82) is 0 Å². The lowest BCUT2D eigenvalue weighted by atomic mass is 10.1. The zero-order chi connectivity index (χ0) is 16.1. The molecule has 0 aliphatic rings. The maximum absolute atomic E-state index is 11.6. The van der Waals surface area contributed by atoms with Crippen molar-refractivity contribution >= 4 is 5.69 Å². The standard InChI is InChI=1S/C16H21N3O3/c1-5-19(6-2)12-10-15(20)17-18-16(12)11-7-8-13(21-3)14(9-11)22-4/h7-10H,5-6H2,1-4H3,(H,17,20). The summed E-state index contributed by atoms with van der Waals surface area (Å²) in [6.45, 7) is 5.68. The van der Waals surface area contributed by atoms with Crippen LogP contribution >= 0.6 is 0 Å². The minimum atomic E-state index is -0.217. The number of benzene rings is 1. The molecule has 2 rings (SSSR count). The number of nitrogens with one attached hydrogen (secondary N) is 1. The topological polar surface area (TPSA) is 67.5 Å². The lowest BCUT2D eigenvalue weighted by Crippen LogP contribution is -2.25. The van der Waals surface area contributed by atoms with E-state index in [-0.39, 0.29) is 5.56 Å². The van der Waals surface area contributed by atoms with Crippen LogP contribution in [0.15, 0.2) is 29.1 Å². The Balaban J connectivity index is 2.59. The predicted octanol–water partition coefficient (Wildman–Crippen LogP) is 2.30. The highest BCUT2D eigenvalue weighted by atomic mass is 16.5. The van der Waals surface area contributed by atoms with E-state index >= 15 is 0 Å². The summed E-state index contributed by atoms with van der Waals surface area (Å²) in [4.78, 5) is 13.7. The minimum Gasteiger partial charge on any atom is -0.493 e. The number of hydrogen-bond donors (Lipinski definition) is 1. The quantitative estimate of drug-likeness (QED) is 0.887. The molecule has 1 aromatic carbocycles. The Bertz CT molecular complexity index is 693. The Morgan fingerprint density at radius 2 is 1.77 bits per heavy atom. The molecule has 0 spiro atoms. The molecule has 1 aromatic heterocycles. The number of hydrogen-bond acceptors (Lipinski definition) is 5. The smallest absolute Gasteiger partial charge is 0.266 e. The van der Waals surface area contributed by atoms with Crippen molar-refractivity contribution in [3.63, 3.8) is 0 Å². The molecule has 0 aliphatic heterocycles. The van der Waals surface area contributed by atoms with Crippen LogP contribution in [-0.2, 0) is 0 Å². The number of rotatable bonds is 6. The van der Waals surface area contributed by atoms with Gasteiger partial charge in [0.25, 0.3) is 5.56 Å². The molecule has 6 nitrogen and oxygen atoms in total. The Labute approximate surface area is 129 Å². The van der Waals surface area contributed by atoms with E-state index in [0.717, 1.165) is 24.3 Å². The molecule has 0 radical (unpaired) electrons. The van der Waals surface area contributed by atoms with Crippen molar-refractivity contribution in [3.05, 3.63) is 34.6 Å². The molecular weight excluding hydrogens is 282 g/mol. The maximum atomic E-state index is 11.6. The first-order valence-electron chi connectivity index (χ1n) is 7.21. The van der Waals surface area contributed by atoms with E-state index in [1.54, 1.807) is 20.3 Å². The molecule has 118 valence electrons. The van der Waals surface area contributed by atoms with Crippen LogP contribution < -0.4 is 19.9 Å². The fraction of sp³-hybridized carbons (Fsp3) is 0.375. The second-order valence-electron chi connectivity index (χ2n) is 4.71. The van der Waals surface area contributed by atoms with Gasteiger partial charge in [0.2, 0.25) is 0 Å². The van der Waals surface area contributed by atoms with Crippen LogP contribution in [0.5, 0.6) is 11.5 Å². The van der Waals surface area contributed by atoms with E-state index in [1.807, 2.05) is 32.0 Å². The summed E-state index contributed by atoms with van der Waals surface area (Å²) >= 11 is 0. The number of aromatic nitrogens is 2. The Morgan fingerprint density at radius 1 is 1.09 bits per heavy atom. The van der Waals surface area contributed by atoms with Crippen LogP contribution in [0.1, 0.15) is 13.8 Å². The second kappa shape index (κ2) is 6.98. The van der Waals surface area contributed by atoms with Crippen LogP contribution in [0, 0.1) is 0 Å². The third-order valence-corrected chi connectivity index (χ3v) is 3.55. The van der Waals surface area contributed by atoms with Gasteiger partial charge in [0.15, 0.2) is 11.5 Å². The van der Waals surface area contributed by atoms with Crippen molar-refractivity contribution < 1.29 is 9.47 Å². The molecular formula is C16H21N3O3. The van der Waals surface area contributed by atoms with Gasteiger partial charge >= 0.3 is 0 Å². The molecule has 1 heterocycles. The van der Waals surface area contributed by atoms with E-state index in [4.69, 9.17) is 9.47 Å². The highest BCUT2D eigenvalue weighted by molar-refractivity contribution is 5.76. The predicted molar refractivity (Wildman–Crippen MR) is 87.0 cm³/mol. The summed E-state index contributed by atoms with van der Waals surface area (Å²) in [5.41, 5.74) is 2.16. The summed E-state index contributed by atoms with van der Waals surface area (Å²) in [5, 5.41) is 6.72. The van der Waals surface area contributed by atoms with Crippen molar-refractivity contribution in [1.82, 2.24) is 10.2 Å². The van der Waals surface area contributed by atoms with Gasteiger partial charge in [-0.05, 0) is 32.0 Å². The van der Waals surface area contributed by atoms with Crippen molar-refractivity contribution in [2.45, 2.75) is 13.8 Å². The molecule has 22 heavy (non-hydrogen) atoms. The average molecular weight is 303 g/mol. The fourth-order valence-corrected chi connectivity index (χ4v) is 2.39. The fourth-order valence-electron chi connectivity index (χ4n) is 2.39. The van der Waals surface area contributed by atoms with Gasteiger partial charge in [0.05, 0.1) is 19.9 Å². The Hall–Kier alpha value is -2.50. The van der Waals surface area contributed by atoms with Gasteiger partial charge in [-0.2, -0.15) is 5.10 Å². The zero-order valence-corrected chi connectivity index (χ0v) is 13.3. The molecule has 0 bridgehead atoms. The number of nitrogens with zero attached hydrogens (tertiary/aromatic N) is 2. The van der Waals surface area contributed by atoms with E-state index in [0.29, 0.717) is 17.2 Å². The second-order valence-corrected chi connectivity index (χ2v) is 4.71. The van der Waals surface area contributed by atoms with Gasteiger partial charge in [0.1, 0.15) is 5.69 Å². The first kappa shape index (κ1) is 15.9. The lowest BCUT2D eigenvalue weighted by molar-refractivity contribution is 0.355. The number of aromatic amines is 1. The third kappa shape index (κ3) is 3.05. The minimum absolute atomic E-state index is 0.217. The molecule has 1 N–H and O–H groups in total. The molecule has 0 saturated carbocycles. The van der Waals surface area contributed by atoms with Crippen LogP contribution in [0.3, 0.4) is 0 Å². The normalized spacial score (nSPS) is 10.4. The summed E-state index contributed by atoms with van der Waals surface area (Å²) < 4.78 is 10.6. The molecule has 0 unspecified atom stereocenters. The number of ether oxygens (including phenoxy) is 2. The summed E-state index contributed by atoms with van der Waals surface area (Å²) in [6, 6.07) is 7.15. The Morgan fingerprint density at radius 3 is 2.36 bits per heavy atom. The number of methoxy groups -OCH3 is 2. The first-order chi connectivity index (χ1) is 10.6.